The Kier molecular flexibility index (Phi) is 3.38. The number of halogens is 1. The number of rotatable bonds is 2. The van der Waals surface area contributed by atoms with Crippen LogP contribution in [0.25, 0.3) is 10.9 Å². The van der Waals surface area contributed by atoms with E-state index in [1.807, 2.05) is 24.3 Å². The van der Waals surface area contributed by atoms with Gasteiger partial charge in [0.05, 0.1) is 5.52 Å². The Bertz CT molecular complexity index is 425. The standard InChI is InChI=1S/C10H12N2O.ClH/c11-6-5-8-7-12(13)10-4-2-1-3-9(8)10;/h1-4,7,13H,5-6,11H2;1H. The lowest BCUT2D eigenvalue weighted by Gasteiger charge is -1.93. The van der Waals surface area contributed by atoms with Gasteiger partial charge in [-0.25, -0.2) is 0 Å². The molecule has 0 aliphatic rings. The van der Waals surface area contributed by atoms with Gasteiger partial charge in [0.25, 0.3) is 0 Å². The summed E-state index contributed by atoms with van der Waals surface area (Å²) in [6.45, 7) is 0.605. The normalized spacial score (nSPS) is 10.1. The molecular weight excluding hydrogens is 200 g/mol. The van der Waals surface area contributed by atoms with Gasteiger partial charge in [0.15, 0.2) is 0 Å². The largest absolute Gasteiger partial charge is 0.428 e. The van der Waals surface area contributed by atoms with Gasteiger partial charge >= 0.3 is 0 Å². The molecule has 0 fully saturated rings. The summed E-state index contributed by atoms with van der Waals surface area (Å²) in [5.41, 5.74) is 7.41. The lowest BCUT2D eigenvalue weighted by atomic mass is 10.1. The maximum absolute atomic E-state index is 9.49. The molecule has 0 amide bonds. The first kappa shape index (κ1) is 10.9. The van der Waals surface area contributed by atoms with Crippen LogP contribution in [0.15, 0.2) is 30.5 Å². The predicted molar refractivity (Wildman–Crippen MR) is 59.1 cm³/mol. The average Bonchev–Trinajstić information content (AvgIpc) is 2.46. The number of para-hydroxylation sites is 1. The van der Waals surface area contributed by atoms with Crippen molar-refractivity contribution in [1.29, 1.82) is 0 Å². The molecule has 0 radical (unpaired) electrons. The molecule has 3 N–H and O–H groups in total. The topological polar surface area (TPSA) is 51.2 Å². The number of fused-ring (bicyclic) bond motifs is 1. The monoisotopic (exact) mass is 212 g/mol. The van der Waals surface area contributed by atoms with Crippen molar-refractivity contribution in [3.05, 3.63) is 36.0 Å². The molecule has 0 bridgehead atoms. The molecule has 0 spiro atoms. The van der Waals surface area contributed by atoms with Crippen LogP contribution in [-0.2, 0) is 6.42 Å². The third-order valence-electron chi connectivity index (χ3n) is 2.19. The molecule has 2 aromatic rings. The van der Waals surface area contributed by atoms with Crippen molar-refractivity contribution in [2.45, 2.75) is 6.42 Å². The summed E-state index contributed by atoms with van der Waals surface area (Å²) >= 11 is 0. The zero-order valence-electron chi connectivity index (χ0n) is 7.68. The quantitative estimate of drug-likeness (QED) is 0.746. The summed E-state index contributed by atoms with van der Waals surface area (Å²) in [5, 5.41) is 10.6. The lowest BCUT2D eigenvalue weighted by molar-refractivity contribution is 0.199. The summed E-state index contributed by atoms with van der Waals surface area (Å²) < 4.78 is 1.15. The molecule has 0 atom stereocenters. The molecule has 1 aromatic carbocycles. The Balaban J connectivity index is 0.000000980. The molecule has 76 valence electrons. The molecule has 2 rings (SSSR count). The second-order valence-corrected chi connectivity index (χ2v) is 3.05. The highest BCUT2D eigenvalue weighted by Gasteiger charge is 2.05. The maximum atomic E-state index is 9.49. The molecule has 14 heavy (non-hydrogen) atoms. The Morgan fingerprint density at radius 1 is 1.29 bits per heavy atom. The molecule has 1 heterocycles. The van der Waals surface area contributed by atoms with Crippen molar-refractivity contribution in [3.8, 4) is 0 Å². The lowest BCUT2D eigenvalue weighted by Crippen LogP contribution is -2.01. The third-order valence-corrected chi connectivity index (χ3v) is 2.19. The van der Waals surface area contributed by atoms with Gasteiger partial charge in [-0.05, 0) is 24.6 Å². The fraction of sp³-hybridized carbons (Fsp3) is 0.200. The number of hydrogen-bond acceptors (Lipinski definition) is 2. The first-order valence-corrected chi connectivity index (χ1v) is 4.31. The van der Waals surface area contributed by atoms with Crippen LogP contribution in [0.2, 0.25) is 0 Å². The molecule has 0 unspecified atom stereocenters. The number of nitrogens with zero attached hydrogens (tertiary/aromatic N) is 1. The Hall–Kier alpha value is -1.19. The van der Waals surface area contributed by atoms with Crippen LogP contribution in [0, 0.1) is 0 Å². The first-order valence-electron chi connectivity index (χ1n) is 4.31. The SMILES string of the molecule is Cl.NCCc1cn(O)c2ccccc12. The zero-order valence-corrected chi connectivity index (χ0v) is 8.50. The highest BCUT2D eigenvalue weighted by Crippen LogP contribution is 2.19. The van der Waals surface area contributed by atoms with Gasteiger partial charge in [-0.3, -0.25) is 0 Å². The van der Waals surface area contributed by atoms with E-state index >= 15 is 0 Å². The first-order chi connectivity index (χ1) is 6.33. The third kappa shape index (κ3) is 1.69. The van der Waals surface area contributed by atoms with Crippen molar-refractivity contribution in [2.75, 3.05) is 6.54 Å². The number of benzene rings is 1. The van der Waals surface area contributed by atoms with E-state index < -0.39 is 0 Å². The Labute approximate surface area is 88.5 Å². The van der Waals surface area contributed by atoms with Crippen molar-refractivity contribution in [2.24, 2.45) is 5.73 Å². The van der Waals surface area contributed by atoms with Crippen LogP contribution in [0.1, 0.15) is 5.56 Å². The van der Waals surface area contributed by atoms with Crippen LogP contribution in [0.4, 0.5) is 0 Å². The van der Waals surface area contributed by atoms with Crippen molar-refractivity contribution in [3.63, 3.8) is 0 Å². The van der Waals surface area contributed by atoms with Gasteiger partial charge in [0.1, 0.15) is 0 Å². The predicted octanol–water partition coefficient (Wildman–Crippen LogP) is 1.80. The van der Waals surface area contributed by atoms with Crippen LogP contribution in [0.3, 0.4) is 0 Å². The van der Waals surface area contributed by atoms with E-state index in [0.29, 0.717) is 6.54 Å². The molecule has 4 heteroatoms. The summed E-state index contributed by atoms with van der Waals surface area (Å²) in [6, 6.07) is 7.74. The van der Waals surface area contributed by atoms with Crippen LogP contribution >= 0.6 is 12.4 Å². The van der Waals surface area contributed by atoms with Gasteiger partial charge in [-0.2, -0.15) is 4.73 Å². The second-order valence-electron chi connectivity index (χ2n) is 3.05. The molecule has 1 aromatic heterocycles. The minimum Gasteiger partial charge on any atom is -0.428 e. The van der Waals surface area contributed by atoms with Crippen LogP contribution in [-0.4, -0.2) is 16.5 Å². The summed E-state index contributed by atoms with van der Waals surface area (Å²) in [6.07, 6.45) is 2.52. The summed E-state index contributed by atoms with van der Waals surface area (Å²) in [7, 11) is 0. The fourth-order valence-electron chi connectivity index (χ4n) is 1.59. The Morgan fingerprint density at radius 3 is 2.71 bits per heavy atom. The van der Waals surface area contributed by atoms with Crippen molar-refractivity contribution in [1.82, 2.24) is 4.73 Å². The average molecular weight is 213 g/mol. The zero-order chi connectivity index (χ0) is 9.26. The number of aromatic nitrogens is 1. The minimum absolute atomic E-state index is 0. The molecular formula is C10H13ClN2O. The van der Waals surface area contributed by atoms with E-state index in [1.54, 1.807) is 6.20 Å². The minimum atomic E-state index is 0. The van der Waals surface area contributed by atoms with Gasteiger partial charge in [-0.15, -0.1) is 12.4 Å². The number of hydrogen-bond donors (Lipinski definition) is 2. The van der Waals surface area contributed by atoms with Crippen molar-refractivity contribution < 1.29 is 5.21 Å². The van der Waals surface area contributed by atoms with Gasteiger partial charge in [0, 0.05) is 11.6 Å². The van der Waals surface area contributed by atoms with E-state index in [4.69, 9.17) is 5.73 Å². The molecule has 3 nitrogen and oxygen atoms in total. The van der Waals surface area contributed by atoms with E-state index in [9.17, 15) is 5.21 Å². The van der Waals surface area contributed by atoms with E-state index in [2.05, 4.69) is 0 Å². The van der Waals surface area contributed by atoms with E-state index in [-0.39, 0.29) is 12.4 Å². The van der Waals surface area contributed by atoms with Gasteiger partial charge in [-0.1, -0.05) is 18.2 Å². The highest BCUT2D eigenvalue weighted by molar-refractivity contribution is 5.85. The molecule has 0 aliphatic carbocycles. The van der Waals surface area contributed by atoms with Crippen LogP contribution in [0.5, 0.6) is 0 Å². The Morgan fingerprint density at radius 2 is 2.00 bits per heavy atom. The smallest absolute Gasteiger partial charge is 0.0868 e. The number of nitrogens with two attached hydrogens (primary N) is 1. The molecule has 0 aliphatic heterocycles. The molecule has 0 saturated carbocycles. The van der Waals surface area contributed by atoms with E-state index in [0.717, 1.165) is 27.6 Å². The van der Waals surface area contributed by atoms with Crippen LogP contribution < -0.4 is 5.73 Å². The van der Waals surface area contributed by atoms with E-state index in [1.165, 1.54) is 0 Å². The van der Waals surface area contributed by atoms with Gasteiger partial charge in [0.2, 0.25) is 0 Å². The highest BCUT2D eigenvalue weighted by atomic mass is 35.5. The second kappa shape index (κ2) is 4.35. The van der Waals surface area contributed by atoms with Crippen molar-refractivity contribution >= 4 is 23.3 Å². The summed E-state index contributed by atoms with van der Waals surface area (Å²) in [5.74, 6) is 0. The summed E-state index contributed by atoms with van der Waals surface area (Å²) in [4.78, 5) is 0. The van der Waals surface area contributed by atoms with Gasteiger partial charge < -0.3 is 10.9 Å². The fourth-order valence-corrected chi connectivity index (χ4v) is 1.59. The maximum Gasteiger partial charge on any atom is 0.0868 e. The molecule has 0 saturated heterocycles.